The first-order valence-electron chi connectivity index (χ1n) is 9.15. The van der Waals surface area contributed by atoms with Crippen molar-refractivity contribution in [2.24, 2.45) is 0 Å². The van der Waals surface area contributed by atoms with Crippen LogP contribution in [0.25, 0.3) is 0 Å². The predicted molar refractivity (Wildman–Crippen MR) is 109 cm³/mol. The van der Waals surface area contributed by atoms with Crippen LogP contribution in [0.3, 0.4) is 0 Å². The van der Waals surface area contributed by atoms with E-state index in [2.05, 4.69) is 15.6 Å². The summed E-state index contributed by atoms with van der Waals surface area (Å²) in [5.41, 5.74) is 5.05. The number of hydrogen-bond acceptors (Lipinski definition) is 3. The van der Waals surface area contributed by atoms with Gasteiger partial charge in [-0.1, -0.05) is 48.5 Å². The normalized spacial score (nSPS) is 10.4. The number of pyridine rings is 1. The van der Waals surface area contributed by atoms with Gasteiger partial charge in [0, 0.05) is 25.5 Å². The molecule has 0 aliphatic heterocycles. The zero-order valence-corrected chi connectivity index (χ0v) is 16.0. The Hall–Kier alpha value is -3.47. The maximum absolute atomic E-state index is 12.4. The maximum Gasteiger partial charge on any atom is 0.253 e. The van der Waals surface area contributed by atoms with Gasteiger partial charge in [0.1, 0.15) is 0 Å². The lowest BCUT2D eigenvalue weighted by Gasteiger charge is -2.10. The van der Waals surface area contributed by atoms with Gasteiger partial charge in [0.25, 0.3) is 11.8 Å². The van der Waals surface area contributed by atoms with E-state index in [1.165, 1.54) is 12.4 Å². The van der Waals surface area contributed by atoms with Crippen molar-refractivity contribution in [1.82, 2.24) is 15.6 Å². The number of rotatable bonds is 6. The number of carbonyl (C=O) groups is 2. The molecule has 2 aromatic carbocycles. The van der Waals surface area contributed by atoms with Gasteiger partial charge in [0.15, 0.2) is 0 Å². The summed E-state index contributed by atoms with van der Waals surface area (Å²) in [6.45, 7) is 4.86. The van der Waals surface area contributed by atoms with Crippen LogP contribution in [0.1, 0.15) is 43.0 Å². The molecular weight excluding hydrogens is 350 g/mol. The Morgan fingerprint density at radius 1 is 0.750 bits per heavy atom. The molecule has 0 radical (unpaired) electrons. The molecule has 3 aromatic rings. The third-order valence-electron chi connectivity index (χ3n) is 4.66. The number of carbonyl (C=O) groups excluding carboxylic acids is 2. The number of benzene rings is 2. The van der Waals surface area contributed by atoms with E-state index in [9.17, 15) is 9.59 Å². The van der Waals surface area contributed by atoms with Gasteiger partial charge in [-0.05, 0) is 42.2 Å². The molecule has 0 unspecified atom stereocenters. The van der Waals surface area contributed by atoms with E-state index >= 15 is 0 Å². The minimum absolute atomic E-state index is 0.260. The van der Waals surface area contributed by atoms with Gasteiger partial charge < -0.3 is 10.6 Å². The SMILES string of the molecule is Cc1ccccc1CNC(=O)c1cncc(C(=O)NCc2ccccc2C)c1. The first kappa shape index (κ1) is 19.3. The molecule has 0 spiro atoms. The Morgan fingerprint density at radius 2 is 1.18 bits per heavy atom. The number of hydrogen-bond donors (Lipinski definition) is 2. The van der Waals surface area contributed by atoms with Crippen LogP contribution in [-0.2, 0) is 13.1 Å². The fourth-order valence-electron chi connectivity index (χ4n) is 2.86. The highest BCUT2D eigenvalue weighted by molar-refractivity contribution is 5.99. The number of nitrogens with one attached hydrogen (secondary N) is 2. The zero-order chi connectivity index (χ0) is 19.9. The summed E-state index contributed by atoms with van der Waals surface area (Å²) in [5, 5.41) is 5.75. The van der Waals surface area contributed by atoms with Crippen molar-refractivity contribution in [1.29, 1.82) is 0 Å². The second-order valence-electron chi connectivity index (χ2n) is 6.68. The molecule has 28 heavy (non-hydrogen) atoms. The minimum Gasteiger partial charge on any atom is -0.348 e. The number of nitrogens with zero attached hydrogens (tertiary/aromatic N) is 1. The third-order valence-corrected chi connectivity index (χ3v) is 4.66. The molecule has 2 amide bonds. The monoisotopic (exact) mass is 373 g/mol. The molecule has 0 aliphatic carbocycles. The van der Waals surface area contributed by atoms with Crippen molar-refractivity contribution in [3.8, 4) is 0 Å². The topological polar surface area (TPSA) is 71.1 Å². The van der Waals surface area contributed by atoms with Gasteiger partial charge in [-0.25, -0.2) is 0 Å². The second kappa shape index (κ2) is 8.95. The lowest BCUT2D eigenvalue weighted by molar-refractivity contribution is 0.0950. The molecule has 1 aromatic heterocycles. The van der Waals surface area contributed by atoms with E-state index in [1.54, 1.807) is 6.07 Å². The fourth-order valence-corrected chi connectivity index (χ4v) is 2.86. The molecule has 0 fully saturated rings. The molecule has 5 nitrogen and oxygen atoms in total. The van der Waals surface area contributed by atoms with Crippen LogP contribution in [0.5, 0.6) is 0 Å². The van der Waals surface area contributed by atoms with E-state index in [1.807, 2.05) is 62.4 Å². The van der Waals surface area contributed by atoms with Crippen LogP contribution in [0.4, 0.5) is 0 Å². The summed E-state index contributed by atoms with van der Waals surface area (Å²) in [6, 6.07) is 17.3. The molecule has 0 aliphatic rings. The van der Waals surface area contributed by atoms with E-state index in [-0.39, 0.29) is 11.8 Å². The maximum atomic E-state index is 12.4. The quantitative estimate of drug-likeness (QED) is 0.694. The van der Waals surface area contributed by atoms with Gasteiger partial charge in [0.05, 0.1) is 11.1 Å². The Bertz CT molecular complexity index is 922. The molecule has 0 atom stereocenters. The molecular formula is C23H23N3O2. The van der Waals surface area contributed by atoms with Crippen LogP contribution in [-0.4, -0.2) is 16.8 Å². The summed E-state index contributed by atoms with van der Waals surface area (Å²) >= 11 is 0. The highest BCUT2D eigenvalue weighted by Crippen LogP contribution is 2.09. The molecule has 3 rings (SSSR count). The first-order valence-corrected chi connectivity index (χ1v) is 9.15. The largest absolute Gasteiger partial charge is 0.348 e. The third kappa shape index (κ3) is 4.82. The van der Waals surface area contributed by atoms with Crippen molar-refractivity contribution in [3.63, 3.8) is 0 Å². The summed E-state index contributed by atoms with van der Waals surface area (Å²) in [5.74, 6) is -0.520. The average molecular weight is 373 g/mol. The molecule has 0 saturated heterocycles. The molecule has 2 N–H and O–H groups in total. The zero-order valence-electron chi connectivity index (χ0n) is 16.0. The highest BCUT2D eigenvalue weighted by atomic mass is 16.2. The smallest absolute Gasteiger partial charge is 0.253 e. The molecule has 5 heteroatoms. The molecule has 0 saturated carbocycles. The standard InChI is InChI=1S/C23H23N3O2/c1-16-7-3-5-9-18(16)14-25-22(27)20-11-21(13-24-12-20)23(28)26-15-19-10-6-4-8-17(19)2/h3-13H,14-15H2,1-2H3,(H,25,27)(H,26,28). The molecule has 1 heterocycles. The Morgan fingerprint density at radius 3 is 1.61 bits per heavy atom. The van der Waals surface area contributed by atoms with Gasteiger partial charge in [0.2, 0.25) is 0 Å². The minimum atomic E-state index is -0.260. The lowest BCUT2D eigenvalue weighted by atomic mass is 10.1. The van der Waals surface area contributed by atoms with E-state index in [0.717, 1.165) is 22.3 Å². The van der Waals surface area contributed by atoms with Crippen LogP contribution in [0.2, 0.25) is 0 Å². The van der Waals surface area contributed by atoms with Crippen LogP contribution < -0.4 is 10.6 Å². The fraction of sp³-hybridized carbons (Fsp3) is 0.174. The Balaban J connectivity index is 1.62. The summed E-state index contributed by atoms with van der Waals surface area (Å²) in [6.07, 6.45) is 2.93. The number of aromatic nitrogens is 1. The van der Waals surface area contributed by atoms with Crippen molar-refractivity contribution < 1.29 is 9.59 Å². The Labute approximate surface area is 164 Å². The Kier molecular flexibility index (Phi) is 6.17. The summed E-state index contributed by atoms with van der Waals surface area (Å²) in [7, 11) is 0. The van der Waals surface area contributed by atoms with Crippen LogP contribution in [0.15, 0.2) is 67.0 Å². The van der Waals surface area contributed by atoms with E-state index in [0.29, 0.717) is 24.2 Å². The van der Waals surface area contributed by atoms with Crippen molar-refractivity contribution in [2.75, 3.05) is 0 Å². The van der Waals surface area contributed by atoms with Gasteiger partial charge in [-0.15, -0.1) is 0 Å². The number of aryl methyl sites for hydroxylation is 2. The predicted octanol–water partition coefficient (Wildman–Crippen LogP) is 3.56. The van der Waals surface area contributed by atoms with Gasteiger partial charge in [-0.2, -0.15) is 0 Å². The van der Waals surface area contributed by atoms with E-state index < -0.39 is 0 Å². The van der Waals surface area contributed by atoms with Crippen molar-refractivity contribution in [3.05, 3.63) is 100 Å². The first-order chi connectivity index (χ1) is 13.5. The van der Waals surface area contributed by atoms with Crippen LogP contribution in [0, 0.1) is 13.8 Å². The molecule has 142 valence electrons. The summed E-state index contributed by atoms with van der Waals surface area (Å²) < 4.78 is 0. The average Bonchev–Trinajstić information content (AvgIpc) is 2.72. The van der Waals surface area contributed by atoms with E-state index in [4.69, 9.17) is 0 Å². The van der Waals surface area contributed by atoms with Crippen molar-refractivity contribution >= 4 is 11.8 Å². The van der Waals surface area contributed by atoms with Gasteiger partial charge >= 0.3 is 0 Å². The summed E-state index contributed by atoms with van der Waals surface area (Å²) in [4.78, 5) is 28.9. The lowest BCUT2D eigenvalue weighted by Crippen LogP contribution is -2.26. The number of amides is 2. The van der Waals surface area contributed by atoms with Gasteiger partial charge in [-0.3, -0.25) is 14.6 Å². The van der Waals surface area contributed by atoms with Crippen LogP contribution >= 0.6 is 0 Å². The van der Waals surface area contributed by atoms with Crippen molar-refractivity contribution in [2.45, 2.75) is 26.9 Å². The highest BCUT2D eigenvalue weighted by Gasteiger charge is 2.12. The molecule has 0 bridgehead atoms. The second-order valence-corrected chi connectivity index (χ2v) is 6.68.